The molecule has 1 amide bonds. The number of nitrogens with zero attached hydrogens (tertiary/aromatic N) is 1. The molecule has 0 aliphatic carbocycles. The lowest BCUT2D eigenvalue weighted by Crippen LogP contribution is -2.48. The van der Waals surface area contributed by atoms with Crippen LogP contribution in [0.3, 0.4) is 0 Å². The van der Waals surface area contributed by atoms with Crippen molar-refractivity contribution in [3.05, 3.63) is 12.2 Å². The molecule has 0 bridgehead atoms. The Morgan fingerprint density at radius 2 is 2.05 bits per heavy atom. The van der Waals surface area contributed by atoms with Gasteiger partial charge in [-0.25, -0.2) is 17.9 Å². The van der Waals surface area contributed by atoms with E-state index in [9.17, 15) is 18.0 Å². The number of amides is 1. The van der Waals surface area contributed by atoms with E-state index in [1.54, 1.807) is 0 Å². The summed E-state index contributed by atoms with van der Waals surface area (Å²) in [6.45, 7) is 0.671. The molecule has 19 heavy (non-hydrogen) atoms. The molecule has 108 valence electrons. The van der Waals surface area contributed by atoms with Crippen LogP contribution in [-0.4, -0.2) is 55.7 Å². The van der Waals surface area contributed by atoms with E-state index in [0.717, 1.165) is 31.2 Å². The van der Waals surface area contributed by atoms with Gasteiger partial charge in [-0.2, -0.15) is 0 Å². The Labute approximate surface area is 112 Å². The number of sulfonamides is 1. The summed E-state index contributed by atoms with van der Waals surface area (Å²) >= 11 is 0. The van der Waals surface area contributed by atoms with E-state index < -0.39 is 21.9 Å². The Balaban J connectivity index is 2.66. The fourth-order valence-corrected chi connectivity index (χ4v) is 2.48. The predicted octanol–water partition coefficient (Wildman–Crippen LogP) is -0.442. The highest BCUT2D eigenvalue weighted by atomic mass is 32.2. The number of hydrogen-bond donors (Lipinski definition) is 2. The molecule has 1 heterocycles. The van der Waals surface area contributed by atoms with Crippen LogP contribution < -0.4 is 4.72 Å². The molecule has 0 aromatic carbocycles. The molecule has 2 N–H and O–H groups in total. The number of aliphatic carboxylic acids is 1. The zero-order valence-corrected chi connectivity index (χ0v) is 11.5. The first-order valence-electron chi connectivity index (χ1n) is 5.96. The van der Waals surface area contributed by atoms with Gasteiger partial charge in [-0.05, 0) is 19.3 Å². The molecule has 1 rings (SSSR count). The second-order valence-corrected chi connectivity index (χ2v) is 6.31. The maximum Gasteiger partial charge on any atom is 0.328 e. The zero-order chi connectivity index (χ0) is 14.5. The van der Waals surface area contributed by atoms with Crippen molar-refractivity contribution in [3.63, 3.8) is 0 Å². The predicted molar refractivity (Wildman–Crippen MR) is 69.0 cm³/mol. The summed E-state index contributed by atoms with van der Waals surface area (Å²) in [5.74, 6) is -1.58. The van der Waals surface area contributed by atoms with Crippen molar-refractivity contribution in [1.29, 1.82) is 0 Å². The maximum atomic E-state index is 11.8. The maximum absolute atomic E-state index is 11.8. The smallest absolute Gasteiger partial charge is 0.328 e. The van der Waals surface area contributed by atoms with Gasteiger partial charge in [-0.3, -0.25) is 4.79 Å². The minimum Gasteiger partial charge on any atom is -0.478 e. The van der Waals surface area contributed by atoms with Crippen molar-refractivity contribution in [3.8, 4) is 0 Å². The number of carbonyl (C=O) groups is 2. The molecule has 1 unspecified atom stereocenters. The number of carboxylic acid groups (broad SMARTS) is 1. The Hall–Kier alpha value is -1.41. The van der Waals surface area contributed by atoms with Crippen molar-refractivity contribution in [2.75, 3.05) is 19.3 Å². The van der Waals surface area contributed by atoms with Crippen LogP contribution in [0.4, 0.5) is 0 Å². The van der Waals surface area contributed by atoms with Gasteiger partial charge in [-0.1, -0.05) is 0 Å². The third-order valence-electron chi connectivity index (χ3n) is 2.86. The van der Waals surface area contributed by atoms with Crippen molar-refractivity contribution in [2.45, 2.75) is 25.3 Å². The molecule has 1 aliphatic heterocycles. The first-order chi connectivity index (χ1) is 8.79. The molecule has 1 saturated heterocycles. The third-order valence-corrected chi connectivity index (χ3v) is 3.55. The summed E-state index contributed by atoms with van der Waals surface area (Å²) in [5.41, 5.74) is 0. The SMILES string of the molecule is CS(=O)(=O)NCC1CCCCN1C(=O)/C=C/C(=O)O. The summed E-state index contributed by atoms with van der Waals surface area (Å²) in [6, 6.07) is -0.227. The number of hydrogen-bond acceptors (Lipinski definition) is 4. The lowest BCUT2D eigenvalue weighted by Gasteiger charge is -2.35. The molecule has 0 aromatic heterocycles. The number of likely N-dealkylation sites (tertiary alicyclic amines) is 1. The Bertz CT molecular complexity index is 471. The van der Waals surface area contributed by atoms with Crippen molar-refractivity contribution >= 4 is 21.9 Å². The average molecular weight is 290 g/mol. The van der Waals surface area contributed by atoms with E-state index in [0.29, 0.717) is 13.0 Å². The number of piperidine rings is 1. The first-order valence-corrected chi connectivity index (χ1v) is 7.85. The molecule has 0 spiro atoms. The Kier molecular flexibility index (Phi) is 5.49. The number of carboxylic acids is 1. The van der Waals surface area contributed by atoms with Crippen molar-refractivity contribution in [1.82, 2.24) is 9.62 Å². The number of nitrogens with one attached hydrogen (secondary N) is 1. The zero-order valence-electron chi connectivity index (χ0n) is 10.7. The van der Waals surface area contributed by atoms with Crippen LogP contribution >= 0.6 is 0 Å². The summed E-state index contributed by atoms with van der Waals surface area (Å²) in [4.78, 5) is 23.7. The average Bonchev–Trinajstić information content (AvgIpc) is 2.33. The highest BCUT2D eigenvalue weighted by molar-refractivity contribution is 7.88. The van der Waals surface area contributed by atoms with Crippen molar-refractivity contribution < 1.29 is 23.1 Å². The summed E-state index contributed by atoms with van der Waals surface area (Å²) in [5, 5.41) is 8.49. The molecule has 8 heteroatoms. The van der Waals surface area contributed by atoms with Crippen LogP contribution in [0.5, 0.6) is 0 Å². The molecular weight excluding hydrogens is 272 g/mol. The lowest BCUT2D eigenvalue weighted by molar-refractivity contribution is -0.133. The van der Waals surface area contributed by atoms with Gasteiger partial charge in [0.05, 0.1) is 6.26 Å². The van der Waals surface area contributed by atoms with E-state index in [1.807, 2.05) is 0 Å². The van der Waals surface area contributed by atoms with Crippen molar-refractivity contribution in [2.24, 2.45) is 0 Å². The third kappa shape index (κ3) is 5.84. The molecule has 7 nitrogen and oxygen atoms in total. The summed E-state index contributed by atoms with van der Waals surface area (Å²) in [7, 11) is -3.30. The Morgan fingerprint density at radius 1 is 1.37 bits per heavy atom. The van der Waals surface area contributed by atoms with E-state index in [1.165, 1.54) is 4.90 Å². The summed E-state index contributed by atoms with van der Waals surface area (Å²) in [6.07, 6.45) is 5.31. The highest BCUT2D eigenvalue weighted by Gasteiger charge is 2.25. The fraction of sp³-hybridized carbons (Fsp3) is 0.636. The normalized spacial score (nSPS) is 20.7. The molecule has 1 atom stereocenters. The minimum atomic E-state index is -3.30. The fourth-order valence-electron chi connectivity index (χ4n) is 1.99. The van der Waals surface area contributed by atoms with Gasteiger partial charge in [0.2, 0.25) is 15.9 Å². The number of rotatable bonds is 5. The lowest BCUT2D eigenvalue weighted by atomic mass is 10.0. The minimum absolute atomic E-state index is 0.158. The van der Waals surface area contributed by atoms with Crippen LogP contribution in [-0.2, 0) is 19.6 Å². The second kappa shape index (κ2) is 6.67. The van der Waals surface area contributed by atoms with Gasteiger partial charge in [-0.15, -0.1) is 0 Å². The van der Waals surface area contributed by atoms with Crippen LogP contribution in [0.15, 0.2) is 12.2 Å². The van der Waals surface area contributed by atoms with Gasteiger partial charge in [0.1, 0.15) is 0 Å². The van der Waals surface area contributed by atoms with Crippen LogP contribution in [0, 0.1) is 0 Å². The van der Waals surface area contributed by atoms with Crippen LogP contribution in [0.25, 0.3) is 0 Å². The molecule has 0 radical (unpaired) electrons. The summed E-state index contributed by atoms with van der Waals surface area (Å²) < 4.78 is 24.5. The Morgan fingerprint density at radius 3 is 2.63 bits per heavy atom. The topological polar surface area (TPSA) is 104 Å². The molecule has 0 aromatic rings. The van der Waals surface area contributed by atoms with E-state index in [4.69, 9.17) is 5.11 Å². The second-order valence-electron chi connectivity index (χ2n) is 4.47. The molecular formula is C11H18N2O5S. The van der Waals surface area contributed by atoms with Gasteiger partial charge in [0, 0.05) is 31.3 Å². The first kappa shape index (κ1) is 15.6. The largest absolute Gasteiger partial charge is 0.478 e. The van der Waals surface area contributed by atoms with Crippen LogP contribution in [0.1, 0.15) is 19.3 Å². The molecule has 0 saturated carbocycles. The monoisotopic (exact) mass is 290 g/mol. The number of carbonyl (C=O) groups excluding carboxylic acids is 1. The van der Waals surface area contributed by atoms with Crippen LogP contribution in [0.2, 0.25) is 0 Å². The van der Waals surface area contributed by atoms with Gasteiger partial charge >= 0.3 is 5.97 Å². The standard InChI is InChI=1S/C11H18N2O5S/c1-19(17,18)12-8-9-4-2-3-7-13(9)10(14)5-6-11(15)16/h5-6,9,12H,2-4,7-8H2,1H3,(H,15,16)/b6-5+. The molecule has 1 fully saturated rings. The highest BCUT2D eigenvalue weighted by Crippen LogP contribution is 2.17. The van der Waals surface area contributed by atoms with Gasteiger partial charge in [0.15, 0.2) is 0 Å². The quantitative estimate of drug-likeness (QED) is 0.668. The van der Waals surface area contributed by atoms with E-state index in [-0.39, 0.29) is 12.6 Å². The van der Waals surface area contributed by atoms with Gasteiger partial charge in [0.25, 0.3) is 0 Å². The van der Waals surface area contributed by atoms with Gasteiger partial charge < -0.3 is 10.0 Å². The van der Waals surface area contributed by atoms with E-state index >= 15 is 0 Å². The molecule has 1 aliphatic rings. The van der Waals surface area contributed by atoms with E-state index in [2.05, 4.69) is 4.72 Å².